The first-order valence-corrected chi connectivity index (χ1v) is 8.83. The largest absolute Gasteiger partial charge is 0.303 e. The van der Waals surface area contributed by atoms with Gasteiger partial charge in [0.05, 0.1) is 0 Å². The van der Waals surface area contributed by atoms with Crippen molar-refractivity contribution in [2.75, 3.05) is 0 Å². The van der Waals surface area contributed by atoms with Crippen LogP contribution in [0.2, 0.25) is 0 Å². The quantitative estimate of drug-likeness (QED) is 0.233. The van der Waals surface area contributed by atoms with Gasteiger partial charge in [-0.3, -0.25) is 0 Å². The lowest BCUT2D eigenvalue weighted by Crippen LogP contribution is -2.19. The van der Waals surface area contributed by atoms with Crippen LogP contribution in [0.25, 0.3) is 0 Å². The average Bonchev–Trinajstić information content (AvgIpc) is 2.35. The van der Waals surface area contributed by atoms with E-state index < -0.39 is 0 Å². The molecule has 0 rings (SSSR count). The van der Waals surface area contributed by atoms with Gasteiger partial charge in [-0.15, -0.1) is 0 Å². The molecule has 0 saturated carbocycles. The van der Waals surface area contributed by atoms with Crippen molar-refractivity contribution in [2.24, 2.45) is 5.41 Å². The monoisotopic (exact) mass is 332 g/mol. The second-order valence-corrected chi connectivity index (χ2v) is 8.51. The topological polar surface area (TPSA) is 17.1 Å². The summed E-state index contributed by atoms with van der Waals surface area (Å²) in [6, 6.07) is 0. The Morgan fingerprint density at radius 1 is 0.842 bits per heavy atom. The summed E-state index contributed by atoms with van der Waals surface area (Å²) >= 11 is 3.82. The maximum atomic E-state index is 11.3. The second-order valence-electron chi connectivity index (χ2n) is 6.60. The third kappa shape index (κ3) is 9.65. The van der Waals surface area contributed by atoms with Crippen LogP contribution in [0, 0.1) is 5.41 Å². The fraction of sp³-hybridized carbons (Fsp3) is 0.941. The summed E-state index contributed by atoms with van der Waals surface area (Å²) in [5.41, 5.74) is -0.0807. The minimum Gasteiger partial charge on any atom is -0.303 e. The van der Waals surface area contributed by atoms with Crippen LogP contribution in [-0.2, 0) is 4.79 Å². The van der Waals surface area contributed by atoms with Gasteiger partial charge in [0.1, 0.15) is 6.29 Å². The number of alkyl halides is 1. The summed E-state index contributed by atoms with van der Waals surface area (Å²) in [5, 5.41) is 0. The van der Waals surface area contributed by atoms with E-state index in [1.54, 1.807) is 0 Å². The number of carbonyl (C=O) groups excluding carboxylic acids is 1. The number of hydrogen-bond donors (Lipinski definition) is 0. The molecule has 0 radical (unpaired) electrons. The molecular formula is C17H33BrO. The van der Waals surface area contributed by atoms with Gasteiger partial charge in [0.25, 0.3) is 0 Å². The molecule has 2 unspecified atom stereocenters. The third-order valence-electron chi connectivity index (χ3n) is 4.10. The van der Waals surface area contributed by atoms with Crippen LogP contribution in [0.4, 0.5) is 0 Å². The number of aldehydes is 1. The van der Waals surface area contributed by atoms with Crippen LogP contribution in [0.5, 0.6) is 0 Å². The minimum atomic E-state index is -0.0807. The number of rotatable bonds is 12. The van der Waals surface area contributed by atoms with Crippen molar-refractivity contribution in [3.8, 4) is 0 Å². The standard InChI is InChI=1S/C17H33BrO/c1-5-7-8-12-16(3,15-19)13-9-10-14-17(4,18)11-6-2/h15H,5-14H2,1-4H3. The fourth-order valence-electron chi connectivity index (χ4n) is 2.69. The zero-order valence-electron chi connectivity index (χ0n) is 13.4. The summed E-state index contributed by atoms with van der Waals surface area (Å²) in [7, 11) is 0. The van der Waals surface area contributed by atoms with Gasteiger partial charge in [0, 0.05) is 9.74 Å². The molecule has 114 valence electrons. The molecule has 0 fully saturated rings. The van der Waals surface area contributed by atoms with Gasteiger partial charge in [-0.2, -0.15) is 0 Å². The van der Waals surface area contributed by atoms with Gasteiger partial charge >= 0.3 is 0 Å². The van der Waals surface area contributed by atoms with Crippen molar-refractivity contribution in [2.45, 2.75) is 96.2 Å². The Morgan fingerprint density at radius 3 is 1.84 bits per heavy atom. The van der Waals surface area contributed by atoms with Crippen molar-refractivity contribution >= 4 is 22.2 Å². The van der Waals surface area contributed by atoms with Crippen LogP contribution in [0.3, 0.4) is 0 Å². The Hall–Kier alpha value is 0.150. The van der Waals surface area contributed by atoms with Crippen molar-refractivity contribution in [1.82, 2.24) is 0 Å². The number of hydrogen-bond acceptors (Lipinski definition) is 1. The van der Waals surface area contributed by atoms with Gasteiger partial charge < -0.3 is 4.79 Å². The van der Waals surface area contributed by atoms with E-state index in [-0.39, 0.29) is 5.41 Å². The fourth-order valence-corrected chi connectivity index (χ4v) is 3.37. The number of carbonyl (C=O) groups is 1. The highest BCUT2D eigenvalue weighted by Gasteiger charge is 2.23. The van der Waals surface area contributed by atoms with E-state index in [0.717, 1.165) is 12.8 Å². The zero-order valence-corrected chi connectivity index (χ0v) is 15.0. The molecule has 0 aliphatic rings. The lowest BCUT2D eigenvalue weighted by atomic mass is 9.81. The van der Waals surface area contributed by atoms with Crippen LogP contribution >= 0.6 is 15.9 Å². The molecule has 0 aliphatic heterocycles. The molecule has 2 atom stereocenters. The van der Waals surface area contributed by atoms with Gasteiger partial charge in [-0.25, -0.2) is 0 Å². The SMILES string of the molecule is CCCCCC(C)(C=O)CCCCC(C)(Br)CCC. The van der Waals surface area contributed by atoms with Crippen molar-refractivity contribution < 1.29 is 4.79 Å². The van der Waals surface area contributed by atoms with Crippen LogP contribution in [0.1, 0.15) is 91.9 Å². The first kappa shape index (κ1) is 19.1. The Labute approximate surface area is 129 Å². The van der Waals surface area contributed by atoms with Crippen LogP contribution in [0.15, 0.2) is 0 Å². The molecule has 0 heterocycles. The molecule has 0 aromatic heterocycles. The Bertz CT molecular complexity index is 237. The van der Waals surface area contributed by atoms with Gasteiger partial charge in [-0.05, 0) is 32.6 Å². The lowest BCUT2D eigenvalue weighted by molar-refractivity contribution is -0.116. The summed E-state index contributed by atoms with van der Waals surface area (Å²) in [5.74, 6) is 0. The van der Waals surface area contributed by atoms with E-state index in [0.29, 0.717) is 4.32 Å². The normalized spacial score (nSPS) is 17.7. The first-order chi connectivity index (χ1) is 8.89. The van der Waals surface area contributed by atoms with E-state index in [2.05, 4.69) is 43.6 Å². The van der Waals surface area contributed by atoms with Crippen molar-refractivity contribution in [1.29, 1.82) is 0 Å². The summed E-state index contributed by atoms with van der Waals surface area (Å²) < 4.78 is 0.293. The van der Waals surface area contributed by atoms with E-state index in [1.165, 1.54) is 57.7 Å². The zero-order chi connectivity index (χ0) is 14.8. The van der Waals surface area contributed by atoms with Crippen molar-refractivity contribution in [3.63, 3.8) is 0 Å². The average molecular weight is 333 g/mol. The summed E-state index contributed by atoms with van der Waals surface area (Å²) in [6.45, 7) is 8.87. The predicted molar refractivity (Wildman–Crippen MR) is 89.0 cm³/mol. The number of halogens is 1. The van der Waals surface area contributed by atoms with E-state index in [9.17, 15) is 4.79 Å². The van der Waals surface area contributed by atoms with Crippen molar-refractivity contribution in [3.05, 3.63) is 0 Å². The lowest BCUT2D eigenvalue weighted by Gasteiger charge is -2.25. The second kappa shape index (κ2) is 9.96. The molecule has 1 nitrogen and oxygen atoms in total. The first-order valence-electron chi connectivity index (χ1n) is 8.04. The van der Waals surface area contributed by atoms with Gasteiger partial charge in [0.15, 0.2) is 0 Å². The molecule has 0 saturated heterocycles. The highest BCUT2D eigenvalue weighted by atomic mass is 79.9. The predicted octanol–water partition coefficient (Wildman–Crippen LogP) is 6.29. The molecule has 19 heavy (non-hydrogen) atoms. The van der Waals surface area contributed by atoms with Gasteiger partial charge in [-0.1, -0.05) is 75.2 Å². The smallest absolute Gasteiger partial charge is 0.125 e. The Balaban J connectivity index is 3.91. The highest BCUT2D eigenvalue weighted by molar-refractivity contribution is 9.10. The maximum Gasteiger partial charge on any atom is 0.125 e. The highest BCUT2D eigenvalue weighted by Crippen LogP contribution is 2.33. The molecule has 0 bridgehead atoms. The van der Waals surface area contributed by atoms with E-state index in [1.807, 2.05) is 0 Å². The molecule has 0 aliphatic carbocycles. The molecule has 0 N–H and O–H groups in total. The van der Waals surface area contributed by atoms with Crippen LogP contribution in [-0.4, -0.2) is 10.6 Å². The summed E-state index contributed by atoms with van der Waals surface area (Å²) in [6.07, 6.45) is 13.0. The van der Waals surface area contributed by atoms with E-state index >= 15 is 0 Å². The Kier molecular flexibility index (Phi) is 10.0. The molecule has 0 aromatic carbocycles. The molecular weight excluding hydrogens is 300 g/mol. The molecule has 2 heteroatoms. The summed E-state index contributed by atoms with van der Waals surface area (Å²) in [4.78, 5) is 11.3. The maximum absolute atomic E-state index is 11.3. The van der Waals surface area contributed by atoms with E-state index in [4.69, 9.17) is 0 Å². The molecule has 0 aromatic rings. The molecule has 0 spiro atoms. The minimum absolute atomic E-state index is 0.0807. The molecule has 0 amide bonds. The third-order valence-corrected chi connectivity index (χ3v) is 4.90. The Morgan fingerprint density at radius 2 is 1.37 bits per heavy atom. The van der Waals surface area contributed by atoms with Gasteiger partial charge in [0.2, 0.25) is 0 Å². The number of unbranched alkanes of at least 4 members (excludes halogenated alkanes) is 3. The van der Waals surface area contributed by atoms with Crippen LogP contribution < -0.4 is 0 Å².